The van der Waals surface area contributed by atoms with Crippen molar-refractivity contribution < 1.29 is 9.53 Å². The van der Waals surface area contributed by atoms with E-state index in [0.717, 1.165) is 39.5 Å². The Bertz CT molecular complexity index is 1610. The topological polar surface area (TPSA) is 43.6 Å². The second-order valence-electron chi connectivity index (χ2n) is 10.7. The second-order valence-corrected chi connectivity index (χ2v) is 10.7. The molecule has 0 fully saturated rings. The molecule has 0 saturated carbocycles. The number of hydrogen-bond donors (Lipinski definition) is 0. The molecule has 0 aliphatic rings. The Morgan fingerprint density at radius 1 is 0.800 bits per heavy atom. The van der Waals surface area contributed by atoms with Gasteiger partial charge in [-0.2, -0.15) is 0 Å². The number of ether oxygens (including phenoxy) is 1. The van der Waals surface area contributed by atoms with Crippen LogP contribution < -0.4 is 0 Å². The number of aromatic nitrogens is 1. The normalized spacial score (nSPS) is 11.6. The third-order valence-corrected chi connectivity index (χ3v) is 6.87. The lowest BCUT2D eigenvalue weighted by molar-refractivity contribution is 0.0526. The van der Waals surface area contributed by atoms with E-state index in [9.17, 15) is 4.79 Å². The van der Waals surface area contributed by atoms with Crippen LogP contribution in [0.1, 0.15) is 49.2 Å². The van der Waals surface area contributed by atoms with Gasteiger partial charge in [-0.3, -0.25) is 4.99 Å². The summed E-state index contributed by atoms with van der Waals surface area (Å²) in [4.78, 5) is 17.2. The first-order valence-electron chi connectivity index (χ1n) is 13.6. The Kier molecular flexibility index (Phi) is 7.79. The fourth-order valence-corrected chi connectivity index (χ4v) is 4.76. The van der Waals surface area contributed by atoms with Crippen molar-refractivity contribution in [2.45, 2.75) is 33.1 Å². The van der Waals surface area contributed by atoms with Gasteiger partial charge >= 0.3 is 5.97 Å². The third kappa shape index (κ3) is 5.81. The summed E-state index contributed by atoms with van der Waals surface area (Å²) < 4.78 is 7.44. The first-order valence-corrected chi connectivity index (χ1v) is 13.6. The number of carbonyl (C=O) groups excluding carboxylic acids is 1. The smallest absolute Gasteiger partial charge is 0.338 e. The van der Waals surface area contributed by atoms with Gasteiger partial charge in [-0.15, -0.1) is 0 Å². The zero-order valence-corrected chi connectivity index (χ0v) is 23.5. The van der Waals surface area contributed by atoms with Gasteiger partial charge < -0.3 is 9.30 Å². The molecule has 0 amide bonds. The number of aliphatic imine (C=N–C) groups is 1. The Morgan fingerprint density at radius 3 is 1.98 bits per heavy atom. The fraction of sp³-hybridized carbons (Fsp3) is 0.167. The molecule has 4 aromatic carbocycles. The van der Waals surface area contributed by atoms with Crippen LogP contribution in [-0.2, 0) is 10.2 Å². The molecule has 0 spiro atoms. The lowest BCUT2D eigenvalue weighted by Crippen LogP contribution is -2.10. The predicted molar refractivity (Wildman–Crippen MR) is 165 cm³/mol. The van der Waals surface area contributed by atoms with Gasteiger partial charge in [-0.05, 0) is 71.5 Å². The number of carbonyl (C=O) groups is 1. The van der Waals surface area contributed by atoms with Crippen LogP contribution in [0.5, 0.6) is 0 Å². The van der Waals surface area contributed by atoms with E-state index in [-0.39, 0.29) is 11.4 Å². The van der Waals surface area contributed by atoms with Gasteiger partial charge in [0.2, 0.25) is 0 Å². The second kappa shape index (κ2) is 11.6. The molecular weight excluding hydrogens is 492 g/mol. The standard InChI is InChI=1S/C36H34N2O2/c1-5-40-35(39)28-16-22-32(23-17-28)38-33(26-12-8-6-9-13-26)24-29(34(38)27-14-10-7-11-15-27)25-37-31-20-18-30(19-21-31)36(2,3)4/h6-25H,5H2,1-4H3. The number of nitrogens with zero attached hydrogens (tertiary/aromatic N) is 2. The van der Waals surface area contributed by atoms with E-state index in [0.29, 0.717) is 12.2 Å². The highest BCUT2D eigenvalue weighted by Gasteiger charge is 2.19. The molecule has 0 aliphatic carbocycles. The molecule has 5 rings (SSSR count). The van der Waals surface area contributed by atoms with Gasteiger partial charge in [0, 0.05) is 17.5 Å². The molecule has 1 heterocycles. The highest BCUT2D eigenvalue weighted by molar-refractivity contribution is 5.95. The minimum Gasteiger partial charge on any atom is -0.462 e. The van der Waals surface area contributed by atoms with E-state index >= 15 is 0 Å². The third-order valence-electron chi connectivity index (χ3n) is 6.87. The fourth-order valence-electron chi connectivity index (χ4n) is 4.76. The molecular formula is C36H34N2O2. The van der Waals surface area contributed by atoms with Gasteiger partial charge in [-0.1, -0.05) is 93.6 Å². The highest BCUT2D eigenvalue weighted by Crippen LogP contribution is 2.36. The summed E-state index contributed by atoms with van der Waals surface area (Å²) in [6.45, 7) is 8.79. The van der Waals surface area contributed by atoms with Crippen LogP contribution in [0.3, 0.4) is 0 Å². The largest absolute Gasteiger partial charge is 0.462 e. The Morgan fingerprint density at radius 2 is 1.40 bits per heavy atom. The summed E-state index contributed by atoms with van der Waals surface area (Å²) in [5.74, 6) is -0.321. The molecule has 4 heteroatoms. The minimum absolute atomic E-state index is 0.0906. The Hall–Kier alpha value is -4.70. The van der Waals surface area contributed by atoms with Crippen molar-refractivity contribution in [3.63, 3.8) is 0 Å². The molecule has 0 unspecified atom stereocenters. The predicted octanol–water partition coefficient (Wildman–Crippen LogP) is 9.04. The maximum atomic E-state index is 12.3. The average Bonchev–Trinajstić information content (AvgIpc) is 3.36. The van der Waals surface area contributed by atoms with Crippen molar-refractivity contribution in [3.8, 4) is 28.2 Å². The quantitative estimate of drug-likeness (QED) is 0.157. The molecule has 0 radical (unpaired) electrons. The van der Waals surface area contributed by atoms with Crippen molar-refractivity contribution in [1.82, 2.24) is 4.57 Å². The lowest BCUT2D eigenvalue weighted by atomic mass is 9.87. The van der Waals surface area contributed by atoms with Crippen LogP contribution >= 0.6 is 0 Å². The number of rotatable bonds is 7. The Balaban J connectivity index is 1.67. The van der Waals surface area contributed by atoms with Crippen LogP contribution in [-0.4, -0.2) is 23.4 Å². The molecule has 0 aliphatic heterocycles. The first kappa shape index (κ1) is 26.9. The molecule has 4 nitrogen and oxygen atoms in total. The van der Waals surface area contributed by atoms with Crippen molar-refractivity contribution in [2.24, 2.45) is 4.99 Å². The van der Waals surface area contributed by atoms with Gasteiger partial charge in [-0.25, -0.2) is 4.79 Å². The number of hydrogen-bond acceptors (Lipinski definition) is 3. The van der Waals surface area contributed by atoms with Crippen LogP contribution in [0.25, 0.3) is 28.2 Å². The van der Waals surface area contributed by atoms with E-state index < -0.39 is 0 Å². The summed E-state index contributed by atoms with van der Waals surface area (Å²) in [5, 5.41) is 0. The monoisotopic (exact) mass is 526 g/mol. The van der Waals surface area contributed by atoms with Crippen LogP contribution in [0.4, 0.5) is 5.69 Å². The van der Waals surface area contributed by atoms with E-state index in [2.05, 4.69) is 79.9 Å². The summed E-state index contributed by atoms with van der Waals surface area (Å²) in [7, 11) is 0. The van der Waals surface area contributed by atoms with Gasteiger partial charge in [0.15, 0.2) is 0 Å². The summed E-state index contributed by atoms with van der Waals surface area (Å²) in [6.07, 6.45) is 1.95. The van der Waals surface area contributed by atoms with E-state index in [4.69, 9.17) is 9.73 Å². The van der Waals surface area contributed by atoms with E-state index in [1.165, 1.54) is 5.56 Å². The molecule has 0 N–H and O–H groups in total. The summed E-state index contributed by atoms with van der Waals surface area (Å²) >= 11 is 0. The molecule has 40 heavy (non-hydrogen) atoms. The highest BCUT2D eigenvalue weighted by atomic mass is 16.5. The molecule has 200 valence electrons. The summed E-state index contributed by atoms with van der Waals surface area (Å²) in [5.41, 5.74) is 8.96. The number of esters is 1. The minimum atomic E-state index is -0.321. The van der Waals surface area contributed by atoms with Crippen molar-refractivity contribution in [2.75, 3.05) is 6.61 Å². The van der Waals surface area contributed by atoms with Crippen molar-refractivity contribution in [1.29, 1.82) is 0 Å². The van der Waals surface area contributed by atoms with Crippen LogP contribution in [0.15, 0.2) is 120 Å². The van der Waals surface area contributed by atoms with Crippen LogP contribution in [0.2, 0.25) is 0 Å². The van der Waals surface area contributed by atoms with E-state index in [1.807, 2.05) is 73.8 Å². The van der Waals surface area contributed by atoms with Gasteiger partial charge in [0.05, 0.1) is 29.2 Å². The summed E-state index contributed by atoms with van der Waals surface area (Å²) in [6, 6.07) is 38.9. The molecule has 0 saturated heterocycles. The molecule has 0 atom stereocenters. The van der Waals surface area contributed by atoms with Gasteiger partial charge in [0.25, 0.3) is 0 Å². The molecule has 1 aromatic heterocycles. The zero-order valence-electron chi connectivity index (χ0n) is 23.5. The SMILES string of the molecule is CCOC(=O)c1ccc(-n2c(-c3ccccc3)cc(C=Nc3ccc(C(C)(C)C)cc3)c2-c2ccccc2)cc1. The maximum Gasteiger partial charge on any atom is 0.338 e. The lowest BCUT2D eigenvalue weighted by Gasteiger charge is -2.18. The van der Waals surface area contributed by atoms with Crippen molar-refractivity contribution >= 4 is 17.9 Å². The molecule has 0 bridgehead atoms. The zero-order chi connectivity index (χ0) is 28.1. The van der Waals surface area contributed by atoms with Gasteiger partial charge in [0.1, 0.15) is 0 Å². The maximum absolute atomic E-state index is 12.3. The average molecular weight is 527 g/mol. The first-order chi connectivity index (χ1) is 19.3. The Labute approximate surface area is 236 Å². The molecule has 5 aromatic rings. The van der Waals surface area contributed by atoms with Crippen molar-refractivity contribution in [3.05, 3.63) is 132 Å². The van der Waals surface area contributed by atoms with E-state index in [1.54, 1.807) is 0 Å². The van der Waals surface area contributed by atoms with Crippen LogP contribution in [0, 0.1) is 0 Å². The number of benzene rings is 4.